The van der Waals surface area contributed by atoms with Gasteiger partial charge in [0.05, 0.1) is 0 Å². The van der Waals surface area contributed by atoms with E-state index < -0.39 is 12.1 Å². The maximum absolute atomic E-state index is 12.5. The lowest BCUT2D eigenvalue weighted by atomic mass is 10.0. The molecular formula is C23H24N2O3. The number of anilines is 1. The van der Waals surface area contributed by atoms with E-state index in [-0.39, 0.29) is 11.5 Å². The first kappa shape index (κ1) is 20.9. The number of nitrogens with zero attached hydrogens (tertiary/aromatic N) is 2. The fraction of sp³-hybridized carbons (Fsp3) is 0.261. The van der Waals surface area contributed by atoms with Gasteiger partial charge in [-0.3, -0.25) is 4.79 Å². The van der Waals surface area contributed by atoms with E-state index in [9.17, 15) is 14.9 Å². The molecule has 0 unspecified atom stereocenters. The first-order valence-electron chi connectivity index (χ1n) is 9.08. The third kappa shape index (κ3) is 5.31. The van der Waals surface area contributed by atoms with Crippen molar-refractivity contribution in [3.05, 3.63) is 71.3 Å². The van der Waals surface area contributed by atoms with Gasteiger partial charge in [0.25, 0.3) is 5.91 Å². The van der Waals surface area contributed by atoms with E-state index in [1.165, 1.54) is 23.5 Å². The molecule has 0 saturated heterocycles. The summed E-state index contributed by atoms with van der Waals surface area (Å²) in [7, 11) is 1.61. The van der Waals surface area contributed by atoms with Crippen molar-refractivity contribution < 1.29 is 14.3 Å². The lowest BCUT2D eigenvalue weighted by molar-refractivity contribution is -0.149. The molecule has 0 aromatic heterocycles. The second-order valence-corrected chi connectivity index (χ2v) is 6.77. The lowest BCUT2D eigenvalue weighted by Gasteiger charge is -2.21. The molecule has 2 aromatic carbocycles. The summed E-state index contributed by atoms with van der Waals surface area (Å²) in [6.45, 7) is 5.67. The Morgan fingerprint density at radius 3 is 2.18 bits per heavy atom. The summed E-state index contributed by atoms with van der Waals surface area (Å²) in [6, 6.07) is 18.5. The quantitative estimate of drug-likeness (QED) is 0.428. The highest BCUT2D eigenvalue weighted by Gasteiger charge is 2.24. The predicted octanol–water partition coefficient (Wildman–Crippen LogP) is 4.31. The van der Waals surface area contributed by atoms with Gasteiger partial charge >= 0.3 is 5.97 Å². The Hall–Kier alpha value is -3.39. The molecule has 0 saturated carbocycles. The molecule has 0 radical (unpaired) electrons. The normalized spacial score (nSPS) is 12.2. The van der Waals surface area contributed by atoms with Crippen LogP contribution in [0.3, 0.4) is 0 Å². The van der Waals surface area contributed by atoms with Crippen molar-refractivity contribution in [2.45, 2.75) is 32.8 Å². The van der Waals surface area contributed by atoms with Gasteiger partial charge in [-0.15, -0.1) is 0 Å². The summed E-state index contributed by atoms with van der Waals surface area (Å²) >= 11 is 0. The van der Waals surface area contributed by atoms with Gasteiger partial charge in [-0.05, 0) is 42.2 Å². The number of carbonyl (C=O) groups excluding carboxylic acids is 2. The zero-order chi connectivity index (χ0) is 20.7. The highest BCUT2D eigenvalue weighted by Crippen LogP contribution is 2.17. The Morgan fingerprint density at radius 2 is 1.64 bits per heavy atom. The maximum atomic E-state index is 12.5. The van der Waals surface area contributed by atoms with Crippen LogP contribution < -0.4 is 4.90 Å². The van der Waals surface area contributed by atoms with Crippen molar-refractivity contribution in [1.82, 2.24) is 0 Å². The molecule has 0 aliphatic heterocycles. The Morgan fingerprint density at radius 1 is 1.04 bits per heavy atom. The molecule has 28 heavy (non-hydrogen) atoms. The van der Waals surface area contributed by atoms with Crippen molar-refractivity contribution in [3.8, 4) is 6.07 Å². The molecular weight excluding hydrogens is 352 g/mol. The Kier molecular flexibility index (Phi) is 7.11. The molecule has 1 atom stereocenters. The van der Waals surface area contributed by atoms with Crippen molar-refractivity contribution in [2.24, 2.45) is 0 Å². The number of amides is 1. The van der Waals surface area contributed by atoms with Crippen molar-refractivity contribution in [2.75, 3.05) is 11.9 Å². The highest BCUT2D eigenvalue weighted by molar-refractivity contribution is 6.01. The third-order valence-electron chi connectivity index (χ3n) is 4.36. The van der Waals surface area contributed by atoms with Crippen LogP contribution in [0.1, 0.15) is 37.8 Å². The van der Waals surface area contributed by atoms with Crippen LogP contribution in [0.2, 0.25) is 0 Å². The van der Waals surface area contributed by atoms with Gasteiger partial charge in [-0.1, -0.05) is 56.3 Å². The Bertz CT molecular complexity index is 894. The smallest absolute Gasteiger partial charge is 0.349 e. The SMILES string of the molecule is CC(C)c1ccc(/C=C(\C#N)C(=O)O[C@@H](C)C(=O)N(C)c2ccccc2)cc1. The molecule has 1 amide bonds. The first-order chi connectivity index (χ1) is 13.3. The highest BCUT2D eigenvalue weighted by atomic mass is 16.5. The van der Waals surface area contributed by atoms with Gasteiger partial charge < -0.3 is 9.64 Å². The van der Waals surface area contributed by atoms with Gasteiger partial charge in [0.2, 0.25) is 0 Å². The molecule has 0 heterocycles. The van der Waals surface area contributed by atoms with Crippen molar-refractivity contribution in [1.29, 1.82) is 5.26 Å². The number of hydrogen-bond acceptors (Lipinski definition) is 4. The van der Waals surface area contributed by atoms with Gasteiger partial charge in [0, 0.05) is 12.7 Å². The molecule has 144 valence electrons. The lowest BCUT2D eigenvalue weighted by Crippen LogP contribution is -2.37. The van der Waals surface area contributed by atoms with Crippen LogP contribution in [-0.4, -0.2) is 25.0 Å². The fourth-order valence-electron chi connectivity index (χ4n) is 2.61. The zero-order valence-electron chi connectivity index (χ0n) is 16.5. The molecule has 0 aliphatic carbocycles. The fourth-order valence-corrected chi connectivity index (χ4v) is 2.61. The minimum atomic E-state index is -1.02. The molecule has 0 N–H and O–H groups in total. The number of rotatable bonds is 6. The molecule has 0 spiro atoms. The summed E-state index contributed by atoms with van der Waals surface area (Å²) in [5.41, 5.74) is 2.43. The Labute approximate surface area is 165 Å². The average molecular weight is 376 g/mol. The standard InChI is InChI=1S/C23H24N2O3/c1-16(2)19-12-10-18(11-13-19)14-20(15-24)23(27)28-17(3)22(26)25(4)21-8-6-5-7-9-21/h5-14,16-17H,1-4H3/b20-14+/t17-/m0/s1. The summed E-state index contributed by atoms with van der Waals surface area (Å²) in [5.74, 6) is -0.803. The average Bonchev–Trinajstić information content (AvgIpc) is 2.71. The zero-order valence-corrected chi connectivity index (χ0v) is 16.5. The number of esters is 1. The molecule has 5 heteroatoms. The maximum Gasteiger partial charge on any atom is 0.349 e. The van der Waals surface area contributed by atoms with Crippen molar-refractivity contribution >= 4 is 23.6 Å². The topological polar surface area (TPSA) is 70.4 Å². The van der Waals surface area contributed by atoms with E-state index >= 15 is 0 Å². The van der Waals surface area contributed by atoms with Gasteiger partial charge in [0.1, 0.15) is 11.6 Å². The number of nitriles is 1. The van der Waals surface area contributed by atoms with E-state index in [0.717, 1.165) is 5.56 Å². The van der Waals surface area contributed by atoms with Gasteiger partial charge in [0.15, 0.2) is 6.10 Å². The number of hydrogen-bond donors (Lipinski definition) is 0. The summed E-state index contributed by atoms with van der Waals surface area (Å²) < 4.78 is 5.22. The summed E-state index contributed by atoms with van der Waals surface area (Å²) in [6.07, 6.45) is 0.447. The molecule has 2 aromatic rings. The Balaban J connectivity index is 2.08. The summed E-state index contributed by atoms with van der Waals surface area (Å²) in [4.78, 5) is 26.3. The largest absolute Gasteiger partial charge is 0.448 e. The van der Waals surface area contributed by atoms with Crippen LogP contribution in [0.15, 0.2) is 60.2 Å². The van der Waals surface area contributed by atoms with E-state index in [2.05, 4.69) is 13.8 Å². The number of likely N-dealkylation sites (N-methyl/N-ethyl adjacent to an activating group) is 1. The number of ether oxygens (including phenoxy) is 1. The van der Waals surface area contributed by atoms with Crippen LogP contribution in [0.25, 0.3) is 6.08 Å². The molecule has 2 rings (SSSR count). The molecule has 0 fully saturated rings. The van der Waals surface area contributed by atoms with Crippen LogP contribution >= 0.6 is 0 Å². The molecule has 0 bridgehead atoms. The molecule has 5 nitrogen and oxygen atoms in total. The van der Waals surface area contributed by atoms with Gasteiger partial charge in [-0.2, -0.15) is 5.26 Å². The predicted molar refractivity (Wildman–Crippen MR) is 110 cm³/mol. The van der Waals surface area contributed by atoms with E-state index in [4.69, 9.17) is 4.74 Å². The second-order valence-electron chi connectivity index (χ2n) is 6.77. The summed E-state index contributed by atoms with van der Waals surface area (Å²) in [5, 5.41) is 9.32. The van der Waals surface area contributed by atoms with Gasteiger partial charge in [-0.25, -0.2) is 4.79 Å². The van der Waals surface area contributed by atoms with Crippen molar-refractivity contribution in [3.63, 3.8) is 0 Å². The minimum Gasteiger partial charge on any atom is -0.448 e. The number of benzene rings is 2. The van der Waals surface area contributed by atoms with Crippen LogP contribution in [0.4, 0.5) is 5.69 Å². The number of carbonyl (C=O) groups is 2. The van der Waals surface area contributed by atoms with Crippen LogP contribution in [0.5, 0.6) is 0 Å². The van der Waals surface area contributed by atoms with E-state index in [1.807, 2.05) is 48.5 Å². The van der Waals surface area contributed by atoms with Crippen LogP contribution in [0, 0.1) is 11.3 Å². The monoisotopic (exact) mass is 376 g/mol. The minimum absolute atomic E-state index is 0.153. The van der Waals surface area contributed by atoms with Crippen LogP contribution in [-0.2, 0) is 14.3 Å². The van der Waals surface area contributed by atoms with E-state index in [1.54, 1.807) is 19.2 Å². The second kappa shape index (κ2) is 9.52. The molecule has 0 aliphatic rings. The third-order valence-corrected chi connectivity index (χ3v) is 4.36. The number of para-hydroxylation sites is 1. The van der Waals surface area contributed by atoms with E-state index in [0.29, 0.717) is 11.6 Å². The first-order valence-corrected chi connectivity index (χ1v) is 9.08.